The fourth-order valence-electron chi connectivity index (χ4n) is 0.780. The summed E-state index contributed by atoms with van der Waals surface area (Å²) in [6.07, 6.45) is 1.24. The minimum Gasteiger partial charge on any atom is -0.502 e. The maximum atomic E-state index is 10.3. The number of phenolic OH excluding ortho intramolecular Hbond substituents is 1. The van der Waals surface area contributed by atoms with Crippen LogP contribution in [0.4, 0.5) is 11.4 Å². The third-order valence-corrected chi connectivity index (χ3v) is 1.33. The molecule has 66 valence electrons. The predicted octanol–water partition coefficient (Wildman–Crippen LogP) is 1.27. The number of carbonyl (C=O) groups excluding carboxylic acids is 1. The number of benzene rings is 1. The monoisotopic (exact) mass is 180 g/mol. The van der Waals surface area contributed by atoms with E-state index in [1.807, 2.05) is 0 Å². The van der Waals surface area contributed by atoms with Crippen LogP contribution in [0.2, 0.25) is 0 Å². The van der Waals surface area contributed by atoms with Crippen molar-refractivity contribution < 1.29 is 14.8 Å². The van der Waals surface area contributed by atoms with Crippen molar-refractivity contribution in [2.45, 2.75) is 0 Å². The number of nitrogens with zero attached hydrogens (tertiary/aromatic N) is 2. The maximum absolute atomic E-state index is 10.3. The summed E-state index contributed by atoms with van der Waals surface area (Å²) < 4.78 is 0. The van der Waals surface area contributed by atoms with Crippen LogP contribution in [0.3, 0.4) is 0 Å². The molecule has 0 amide bonds. The van der Waals surface area contributed by atoms with Gasteiger partial charge in [-0.25, -0.2) is 4.79 Å². The number of phenols is 1. The lowest BCUT2D eigenvalue weighted by atomic mass is 10.2. The zero-order valence-electron chi connectivity index (χ0n) is 6.30. The summed E-state index contributed by atoms with van der Waals surface area (Å²) in [5, 5.41) is 19.3. The molecule has 0 radical (unpaired) electrons. The summed E-state index contributed by atoms with van der Waals surface area (Å²) >= 11 is 0. The van der Waals surface area contributed by atoms with Crippen LogP contribution < -0.4 is 0 Å². The van der Waals surface area contributed by atoms with Crippen LogP contribution in [0.5, 0.6) is 5.75 Å². The quantitative estimate of drug-likeness (QED) is 0.321. The minimum absolute atomic E-state index is 0.0829. The summed E-state index contributed by atoms with van der Waals surface area (Å²) in [5.41, 5.74) is -0.406. The molecular formula is C7H4N2O4. The smallest absolute Gasteiger partial charge is 0.312 e. The van der Waals surface area contributed by atoms with Gasteiger partial charge in [0.25, 0.3) is 0 Å². The Morgan fingerprint density at radius 3 is 2.77 bits per heavy atom. The second kappa shape index (κ2) is 3.46. The van der Waals surface area contributed by atoms with E-state index in [2.05, 4.69) is 4.99 Å². The van der Waals surface area contributed by atoms with Gasteiger partial charge in [-0.05, 0) is 12.1 Å². The Labute approximate surface area is 72.3 Å². The summed E-state index contributed by atoms with van der Waals surface area (Å²) in [7, 11) is 0. The first-order valence-electron chi connectivity index (χ1n) is 3.20. The van der Waals surface area contributed by atoms with E-state index in [1.54, 1.807) is 0 Å². The largest absolute Gasteiger partial charge is 0.502 e. The van der Waals surface area contributed by atoms with Crippen molar-refractivity contribution in [1.82, 2.24) is 0 Å². The maximum Gasteiger partial charge on any atom is 0.312 e. The van der Waals surface area contributed by atoms with Gasteiger partial charge in [-0.1, -0.05) is 0 Å². The molecule has 0 unspecified atom stereocenters. The standard InChI is InChI=1S/C7H4N2O4/c10-4-8-5-1-2-7(11)6(3-5)9(12)13/h1-3,11H. The number of aromatic hydroxyl groups is 1. The second-order valence-electron chi connectivity index (χ2n) is 2.13. The third-order valence-electron chi connectivity index (χ3n) is 1.33. The van der Waals surface area contributed by atoms with Crippen LogP contribution in [0.25, 0.3) is 0 Å². The number of nitro groups is 1. The second-order valence-corrected chi connectivity index (χ2v) is 2.13. The third kappa shape index (κ3) is 1.88. The van der Waals surface area contributed by atoms with Gasteiger partial charge in [-0.2, -0.15) is 4.99 Å². The van der Waals surface area contributed by atoms with E-state index in [0.717, 1.165) is 12.1 Å². The van der Waals surface area contributed by atoms with E-state index >= 15 is 0 Å². The molecule has 0 aliphatic heterocycles. The Kier molecular flexibility index (Phi) is 2.37. The number of hydrogen-bond donors (Lipinski definition) is 1. The van der Waals surface area contributed by atoms with E-state index in [9.17, 15) is 14.9 Å². The van der Waals surface area contributed by atoms with Crippen LogP contribution in [0.15, 0.2) is 23.2 Å². The van der Waals surface area contributed by atoms with Crippen molar-refractivity contribution >= 4 is 17.5 Å². The SMILES string of the molecule is O=C=Nc1ccc(O)c([N+](=O)[O-])c1. The lowest BCUT2D eigenvalue weighted by Gasteiger charge is -1.95. The molecule has 0 aliphatic carbocycles. The molecule has 0 fully saturated rings. The average Bonchev–Trinajstić information content (AvgIpc) is 2.08. The molecule has 0 saturated heterocycles. The first-order valence-corrected chi connectivity index (χ1v) is 3.20. The highest BCUT2D eigenvalue weighted by Crippen LogP contribution is 2.29. The van der Waals surface area contributed by atoms with Gasteiger partial charge in [0.15, 0.2) is 5.75 Å². The van der Waals surface area contributed by atoms with Gasteiger partial charge in [-0.3, -0.25) is 10.1 Å². The van der Waals surface area contributed by atoms with Crippen LogP contribution in [0, 0.1) is 10.1 Å². The zero-order valence-corrected chi connectivity index (χ0v) is 6.30. The van der Waals surface area contributed by atoms with E-state index in [1.165, 1.54) is 12.1 Å². The van der Waals surface area contributed by atoms with Crippen molar-refractivity contribution in [2.24, 2.45) is 4.99 Å². The van der Waals surface area contributed by atoms with Crippen molar-refractivity contribution in [3.63, 3.8) is 0 Å². The number of nitro benzene ring substituents is 1. The van der Waals surface area contributed by atoms with E-state index in [-0.39, 0.29) is 5.69 Å². The molecule has 1 rings (SSSR count). The molecule has 0 heterocycles. The van der Waals surface area contributed by atoms with Gasteiger partial charge >= 0.3 is 5.69 Å². The summed E-state index contributed by atoms with van der Waals surface area (Å²) in [5.74, 6) is -0.463. The van der Waals surface area contributed by atoms with Crippen molar-refractivity contribution in [3.05, 3.63) is 28.3 Å². The highest BCUT2D eigenvalue weighted by molar-refractivity contribution is 5.58. The van der Waals surface area contributed by atoms with Gasteiger partial charge in [0.05, 0.1) is 10.6 Å². The molecule has 6 heteroatoms. The molecule has 0 aliphatic rings. The van der Waals surface area contributed by atoms with Crippen molar-refractivity contribution in [2.75, 3.05) is 0 Å². The first kappa shape index (κ1) is 8.89. The summed E-state index contributed by atoms with van der Waals surface area (Å²) in [6, 6.07) is 3.35. The van der Waals surface area contributed by atoms with Gasteiger partial charge in [0, 0.05) is 6.07 Å². The van der Waals surface area contributed by atoms with E-state index in [0.29, 0.717) is 0 Å². The molecule has 1 aromatic rings. The number of rotatable bonds is 2. The molecule has 0 aromatic heterocycles. The Hall–Kier alpha value is -2.20. The van der Waals surface area contributed by atoms with Crippen molar-refractivity contribution in [3.8, 4) is 5.75 Å². The lowest BCUT2D eigenvalue weighted by molar-refractivity contribution is -0.385. The molecule has 6 nitrogen and oxygen atoms in total. The predicted molar refractivity (Wildman–Crippen MR) is 42.5 cm³/mol. The number of hydrogen-bond acceptors (Lipinski definition) is 5. The Morgan fingerprint density at radius 1 is 1.54 bits per heavy atom. The van der Waals surface area contributed by atoms with Crippen LogP contribution >= 0.6 is 0 Å². The zero-order chi connectivity index (χ0) is 9.84. The molecular weight excluding hydrogens is 176 g/mol. The van der Waals surface area contributed by atoms with Crippen LogP contribution in [-0.4, -0.2) is 16.1 Å². The molecule has 1 aromatic carbocycles. The molecule has 0 atom stereocenters. The van der Waals surface area contributed by atoms with Crippen LogP contribution in [0.1, 0.15) is 0 Å². The van der Waals surface area contributed by atoms with Crippen molar-refractivity contribution in [1.29, 1.82) is 0 Å². The van der Waals surface area contributed by atoms with Gasteiger partial charge in [-0.15, -0.1) is 0 Å². The summed E-state index contributed by atoms with van der Waals surface area (Å²) in [4.78, 5) is 22.5. The molecule has 0 bridgehead atoms. The first-order chi connectivity index (χ1) is 6.15. The molecule has 13 heavy (non-hydrogen) atoms. The minimum atomic E-state index is -0.765. The topological polar surface area (TPSA) is 92.8 Å². The number of isocyanates is 1. The highest BCUT2D eigenvalue weighted by Gasteiger charge is 2.12. The van der Waals surface area contributed by atoms with Gasteiger partial charge < -0.3 is 5.11 Å². The fraction of sp³-hybridized carbons (Fsp3) is 0. The normalized spacial score (nSPS) is 8.92. The Bertz CT molecular complexity index is 395. The molecule has 0 spiro atoms. The molecule has 0 saturated carbocycles. The Balaban J connectivity index is 3.26. The lowest BCUT2D eigenvalue weighted by Crippen LogP contribution is -1.87. The van der Waals surface area contributed by atoms with E-state index < -0.39 is 16.4 Å². The highest BCUT2D eigenvalue weighted by atomic mass is 16.6. The van der Waals surface area contributed by atoms with E-state index in [4.69, 9.17) is 5.11 Å². The Morgan fingerprint density at radius 2 is 2.23 bits per heavy atom. The van der Waals surface area contributed by atoms with Crippen LogP contribution in [-0.2, 0) is 4.79 Å². The summed E-state index contributed by atoms with van der Waals surface area (Å²) in [6.45, 7) is 0. The van der Waals surface area contributed by atoms with Gasteiger partial charge in [0.2, 0.25) is 6.08 Å². The number of aliphatic imine (C=N–C) groups is 1. The molecule has 1 N–H and O–H groups in total. The van der Waals surface area contributed by atoms with Gasteiger partial charge in [0.1, 0.15) is 0 Å². The average molecular weight is 180 g/mol. The fourth-order valence-corrected chi connectivity index (χ4v) is 0.780.